The molecule has 4 aromatic carbocycles. The van der Waals surface area contributed by atoms with Gasteiger partial charge in [-0.2, -0.15) is 9.97 Å². The van der Waals surface area contributed by atoms with Gasteiger partial charge in [0.05, 0.1) is 0 Å². The Hall–Kier alpha value is -3.76. The Labute approximate surface area is 176 Å². The zero-order valence-corrected chi connectivity index (χ0v) is 16.5. The molecule has 0 saturated heterocycles. The van der Waals surface area contributed by atoms with Crippen LogP contribution in [-0.4, -0.2) is 15.0 Å². The lowest BCUT2D eigenvalue weighted by atomic mass is 10.0. The van der Waals surface area contributed by atoms with Crippen molar-refractivity contribution in [1.29, 1.82) is 0 Å². The van der Waals surface area contributed by atoms with E-state index in [2.05, 4.69) is 28.2 Å². The number of benzene rings is 4. The highest BCUT2D eigenvalue weighted by molar-refractivity contribution is 6.28. The maximum atomic E-state index is 6.31. The van der Waals surface area contributed by atoms with E-state index >= 15 is 0 Å². The molecule has 0 aliphatic heterocycles. The number of fused-ring (bicyclic) bond motifs is 4. The van der Waals surface area contributed by atoms with E-state index in [1.807, 2.05) is 66.7 Å². The molecular formula is C25H14ClN3O. The minimum absolute atomic E-state index is 0.167. The van der Waals surface area contributed by atoms with Crippen LogP contribution >= 0.6 is 11.6 Å². The van der Waals surface area contributed by atoms with E-state index in [0.717, 1.165) is 43.8 Å². The molecule has 0 saturated carbocycles. The molecule has 0 fully saturated rings. The zero-order chi connectivity index (χ0) is 20.1. The summed E-state index contributed by atoms with van der Waals surface area (Å²) < 4.78 is 5.93. The second kappa shape index (κ2) is 6.65. The fourth-order valence-corrected chi connectivity index (χ4v) is 4.05. The molecule has 6 aromatic rings. The van der Waals surface area contributed by atoms with Crippen LogP contribution in [0.2, 0.25) is 5.28 Å². The largest absolute Gasteiger partial charge is 0.456 e. The molecular weight excluding hydrogens is 394 g/mol. The first-order valence-corrected chi connectivity index (χ1v) is 9.95. The Morgan fingerprint density at radius 1 is 0.600 bits per heavy atom. The van der Waals surface area contributed by atoms with Crippen molar-refractivity contribution in [3.63, 3.8) is 0 Å². The zero-order valence-electron chi connectivity index (χ0n) is 15.7. The second-order valence-corrected chi connectivity index (χ2v) is 7.43. The maximum Gasteiger partial charge on any atom is 0.226 e. The van der Waals surface area contributed by atoms with Crippen LogP contribution in [0, 0.1) is 0 Å². The summed E-state index contributed by atoms with van der Waals surface area (Å²) in [6.45, 7) is 0. The van der Waals surface area contributed by atoms with Crippen LogP contribution in [0.5, 0.6) is 0 Å². The van der Waals surface area contributed by atoms with E-state index in [-0.39, 0.29) is 5.28 Å². The van der Waals surface area contributed by atoms with Crippen LogP contribution in [0.4, 0.5) is 0 Å². The standard InChI is InChI=1S/C25H14ClN3O/c26-25-28-23(16-12-13-22-20(14-16)18-9-3-4-11-21(18)30-22)27-24(29-25)19-10-5-7-15-6-1-2-8-17(15)19/h1-14H. The number of hydrogen-bond donors (Lipinski definition) is 0. The highest BCUT2D eigenvalue weighted by atomic mass is 35.5. The molecule has 2 aromatic heterocycles. The first-order valence-electron chi connectivity index (χ1n) is 9.58. The molecule has 0 bridgehead atoms. The fraction of sp³-hybridized carbons (Fsp3) is 0. The van der Waals surface area contributed by atoms with Gasteiger partial charge < -0.3 is 4.42 Å². The number of aromatic nitrogens is 3. The molecule has 30 heavy (non-hydrogen) atoms. The molecule has 0 aliphatic rings. The van der Waals surface area contributed by atoms with Crippen LogP contribution in [0.25, 0.3) is 55.5 Å². The van der Waals surface area contributed by atoms with Crippen molar-refractivity contribution in [3.05, 3.63) is 90.2 Å². The Kier molecular flexibility index (Phi) is 3.79. The minimum atomic E-state index is 0.167. The third-order valence-electron chi connectivity index (χ3n) is 5.27. The van der Waals surface area contributed by atoms with Crippen LogP contribution in [-0.2, 0) is 0 Å². The lowest BCUT2D eigenvalue weighted by molar-refractivity contribution is 0.669. The van der Waals surface area contributed by atoms with E-state index in [9.17, 15) is 0 Å². The monoisotopic (exact) mass is 407 g/mol. The van der Waals surface area contributed by atoms with E-state index in [4.69, 9.17) is 21.0 Å². The molecule has 6 rings (SSSR count). The highest BCUT2D eigenvalue weighted by Crippen LogP contribution is 2.33. The predicted octanol–water partition coefficient (Wildman–Crippen LogP) is 6.91. The molecule has 0 atom stereocenters. The van der Waals surface area contributed by atoms with Crippen molar-refractivity contribution in [3.8, 4) is 22.8 Å². The van der Waals surface area contributed by atoms with Crippen molar-refractivity contribution in [2.24, 2.45) is 0 Å². The second-order valence-electron chi connectivity index (χ2n) is 7.09. The average molecular weight is 408 g/mol. The SMILES string of the molecule is Clc1nc(-c2ccc3oc4ccccc4c3c2)nc(-c2cccc3ccccc23)n1. The lowest BCUT2D eigenvalue weighted by Crippen LogP contribution is -1.97. The molecule has 0 radical (unpaired) electrons. The number of para-hydroxylation sites is 1. The third kappa shape index (κ3) is 2.73. The quantitative estimate of drug-likeness (QED) is 0.313. The van der Waals surface area contributed by atoms with Gasteiger partial charge >= 0.3 is 0 Å². The smallest absolute Gasteiger partial charge is 0.226 e. The molecule has 0 N–H and O–H groups in total. The molecule has 0 unspecified atom stereocenters. The summed E-state index contributed by atoms with van der Waals surface area (Å²) >= 11 is 6.31. The molecule has 0 spiro atoms. The van der Waals surface area contributed by atoms with Crippen LogP contribution in [0.15, 0.2) is 89.3 Å². The van der Waals surface area contributed by atoms with Crippen molar-refractivity contribution in [2.75, 3.05) is 0 Å². The van der Waals surface area contributed by atoms with Gasteiger partial charge in [0.2, 0.25) is 5.28 Å². The Bertz CT molecular complexity index is 1570. The van der Waals surface area contributed by atoms with Gasteiger partial charge in [-0.3, -0.25) is 0 Å². The van der Waals surface area contributed by atoms with Gasteiger partial charge in [0, 0.05) is 21.9 Å². The van der Waals surface area contributed by atoms with Crippen molar-refractivity contribution in [1.82, 2.24) is 15.0 Å². The summed E-state index contributed by atoms with van der Waals surface area (Å²) in [6, 6.07) is 28.1. The van der Waals surface area contributed by atoms with Gasteiger partial charge in [0.15, 0.2) is 11.6 Å². The van der Waals surface area contributed by atoms with Crippen LogP contribution in [0.3, 0.4) is 0 Å². The first kappa shape index (κ1) is 17.1. The van der Waals surface area contributed by atoms with E-state index in [0.29, 0.717) is 11.6 Å². The maximum absolute atomic E-state index is 6.31. The normalized spacial score (nSPS) is 11.5. The highest BCUT2D eigenvalue weighted by Gasteiger charge is 2.14. The predicted molar refractivity (Wildman–Crippen MR) is 120 cm³/mol. The first-order chi connectivity index (χ1) is 14.8. The van der Waals surface area contributed by atoms with E-state index in [1.54, 1.807) is 0 Å². The summed E-state index contributed by atoms with van der Waals surface area (Å²) in [7, 11) is 0. The van der Waals surface area contributed by atoms with Crippen LogP contribution < -0.4 is 0 Å². The van der Waals surface area contributed by atoms with Crippen LogP contribution in [0.1, 0.15) is 0 Å². The van der Waals surface area contributed by atoms with Gasteiger partial charge in [0.1, 0.15) is 11.2 Å². The van der Waals surface area contributed by atoms with Gasteiger partial charge in [0.25, 0.3) is 0 Å². The fourth-order valence-electron chi connectivity index (χ4n) is 3.89. The Balaban J connectivity index is 1.56. The van der Waals surface area contributed by atoms with Crippen molar-refractivity contribution in [2.45, 2.75) is 0 Å². The number of halogens is 1. The molecule has 0 amide bonds. The Morgan fingerprint density at radius 2 is 1.33 bits per heavy atom. The molecule has 5 heteroatoms. The van der Waals surface area contributed by atoms with Gasteiger partial charge in [-0.25, -0.2) is 4.98 Å². The van der Waals surface area contributed by atoms with E-state index in [1.165, 1.54) is 0 Å². The van der Waals surface area contributed by atoms with E-state index < -0.39 is 0 Å². The summed E-state index contributed by atoms with van der Waals surface area (Å²) in [6.07, 6.45) is 0. The molecule has 142 valence electrons. The number of hydrogen-bond acceptors (Lipinski definition) is 4. The van der Waals surface area contributed by atoms with Gasteiger partial charge in [-0.15, -0.1) is 0 Å². The van der Waals surface area contributed by atoms with Crippen molar-refractivity contribution >= 4 is 44.3 Å². The summed E-state index contributed by atoms with van der Waals surface area (Å²) in [5.74, 6) is 1.09. The minimum Gasteiger partial charge on any atom is -0.456 e. The van der Waals surface area contributed by atoms with Gasteiger partial charge in [-0.05, 0) is 46.6 Å². The summed E-state index contributed by atoms with van der Waals surface area (Å²) in [5, 5.41) is 4.44. The molecule has 4 nitrogen and oxygen atoms in total. The lowest BCUT2D eigenvalue weighted by Gasteiger charge is -2.08. The number of rotatable bonds is 2. The summed E-state index contributed by atoms with van der Waals surface area (Å²) in [4.78, 5) is 13.6. The Morgan fingerprint density at radius 3 is 2.27 bits per heavy atom. The average Bonchev–Trinajstić information content (AvgIpc) is 3.16. The van der Waals surface area contributed by atoms with Gasteiger partial charge in [-0.1, -0.05) is 60.7 Å². The number of furan rings is 1. The molecule has 2 heterocycles. The third-order valence-corrected chi connectivity index (χ3v) is 5.44. The molecule has 0 aliphatic carbocycles. The number of nitrogens with zero attached hydrogens (tertiary/aromatic N) is 3. The van der Waals surface area contributed by atoms with Crippen molar-refractivity contribution < 1.29 is 4.42 Å². The topological polar surface area (TPSA) is 51.8 Å². The summed E-state index contributed by atoms with van der Waals surface area (Å²) in [5.41, 5.74) is 3.47.